The first-order valence-corrected chi connectivity index (χ1v) is 18.2. The van der Waals surface area contributed by atoms with Crippen LogP contribution in [-0.2, 0) is 33.9 Å². The first kappa shape index (κ1) is 34.6. The van der Waals surface area contributed by atoms with Gasteiger partial charge in [0, 0.05) is 30.5 Å². The molecule has 3 N–H and O–H groups in total. The van der Waals surface area contributed by atoms with Crippen molar-refractivity contribution in [1.29, 1.82) is 0 Å². The molecule has 264 valence electrons. The second-order valence-electron chi connectivity index (χ2n) is 14.1. The van der Waals surface area contributed by atoms with Gasteiger partial charge in [0.15, 0.2) is 0 Å². The summed E-state index contributed by atoms with van der Waals surface area (Å²) in [5, 5.41) is 6.54. The smallest absolute Gasteiger partial charge is 0.408 e. The molecule has 1 saturated heterocycles. The summed E-state index contributed by atoms with van der Waals surface area (Å²) in [7, 11) is -3.89. The predicted octanol–water partition coefficient (Wildman–Crippen LogP) is 2.33. The van der Waals surface area contributed by atoms with Crippen LogP contribution in [0.1, 0.15) is 59.3 Å². The molecule has 2 aromatic rings. The third-order valence-electron chi connectivity index (χ3n) is 9.08. The van der Waals surface area contributed by atoms with E-state index in [1.54, 1.807) is 39.1 Å². The lowest BCUT2D eigenvalue weighted by Crippen LogP contribution is -2.58. The second-order valence-corrected chi connectivity index (χ2v) is 16.1. The highest BCUT2D eigenvalue weighted by molar-refractivity contribution is 7.91. The lowest BCUT2D eigenvalue weighted by Gasteiger charge is -2.30. The van der Waals surface area contributed by atoms with Gasteiger partial charge in [-0.1, -0.05) is 30.4 Å². The summed E-state index contributed by atoms with van der Waals surface area (Å²) in [6.07, 6.45) is 5.42. The summed E-state index contributed by atoms with van der Waals surface area (Å²) < 4.78 is 45.1. The van der Waals surface area contributed by atoms with Crippen LogP contribution in [0.4, 0.5) is 4.79 Å². The third-order valence-corrected chi connectivity index (χ3v) is 10.9. The van der Waals surface area contributed by atoms with Crippen molar-refractivity contribution in [3.63, 3.8) is 0 Å². The third kappa shape index (κ3) is 7.99. The molecule has 14 nitrogen and oxygen atoms in total. The molecule has 2 saturated carbocycles. The lowest BCUT2D eigenvalue weighted by molar-refractivity contribution is -0.141. The maximum Gasteiger partial charge on any atom is 0.408 e. The van der Waals surface area contributed by atoms with Gasteiger partial charge >= 0.3 is 6.09 Å². The van der Waals surface area contributed by atoms with Crippen LogP contribution in [0.25, 0.3) is 10.8 Å². The van der Waals surface area contributed by atoms with Crippen molar-refractivity contribution in [2.45, 2.75) is 93.9 Å². The topological polar surface area (TPSA) is 182 Å². The number of rotatable bonds is 6. The molecule has 49 heavy (non-hydrogen) atoms. The Kier molecular flexibility index (Phi) is 9.59. The SMILES string of the molecule is CC(C)(C)OC(=O)N[C@H]1CCCOC/C=C\C2C[C@@]2(C(=O)NS(=O)(=O)C2CC2)NC(=O)[C@@H]2CC(Oc3nccc4ccccc34)CN2C1=O. The number of pyridine rings is 1. The van der Waals surface area contributed by atoms with Crippen LogP contribution >= 0.6 is 0 Å². The van der Waals surface area contributed by atoms with E-state index in [1.165, 1.54) is 4.90 Å². The summed E-state index contributed by atoms with van der Waals surface area (Å²) in [6.45, 7) is 5.61. The summed E-state index contributed by atoms with van der Waals surface area (Å²) in [5.41, 5.74) is -2.35. The van der Waals surface area contributed by atoms with Crippen LogP contribution in [0, 0.1) is 5.92 Å². The molecule has 6 rings (SSSR count). The first-order chi connectivity index (χ1) is 23.3. The summed E-state index contributed by atoms with van der Waals surface area (Å²) in [5.74, 6) is -2.13. The largest absolute Gasteiger partial charge is 0.472 e. The van der Waals surface area contributed by atoms with Crippen molar-refractivity contribution in [1.82, 2.24) is 25.2 Å². The second kappa shape index (κ2) is 13.6. The molecule has 2 aliphatic heterocycles. The van der Waals surface area contributed by atoms with Gasteiger partial charge in [0.25, 0.3) is 5.91 Å². The van der Waals surface area contributed by atoms with Gasteiger partial charge in [0.05, 0.1) is 18.4 Å². The van der Waals surface area contributed by atoms with Crippen molar-refractivity contribution >= 4 is 44.6 Å². The maximum atomic E-state index is 14.3. The van der Waals surface area contributed by atoms with Gasteiger partial charge in [0.2, 0.25) is 27.7 Å². The van der Waals surface area contributed by atoms with Gasteiger partial charge in [-0.25, -0.2) is 18.2 Å². The molecule has 0 radical (unpaired) electrons. The van der Waals surface area contributed by atoms with Crippen molar-refractivity contribution in [3.8, 4) is 5.88 Å². The quantitative estimate of drug-likeness (QED) is 0.379. The maximum absolute atomic E-state index is 14.3. The van der Waals surface area contributed by atoms with E-state index in [9.17, 15) is 27.6 Å². The van der Waals surface area contributed by atoms with E-state index in [1.807, 2.05) is 30.3 Å². The summed E-state index contributed by atoms with van der Waals surface area (Å²) in [6, 6.07) is 7.23. The predicted molar refractivity (Wildman–Crippen MR) is 178 cm³/mol. The van der Waals surface area contributed by atoms with Crippen molar-refractivity contribution < 1.29 is 41.8 Å². The van der Waals surface area contributed by atoms with Crippen molar-refractivity contribution in [2.24, 2.45) is 5.92 Å². The highest BCUT2D eigenvalue weighted by atomic mass is 32.2. The highest BCUT2D eigenvalue weighted by Gasteiger charge is 2.62. The van der Waals surface area contributed by atoms with E-state index in [-0.39, 0.29) is 39.0 Å². The Balaban J connectivity index is 1.30. The van der Waals surface area contributed by atoms with Gasteiger partial charge in [-0.2, -0.15) is 0 Å². The molecule has 15 heteroatoms. The van der Waals surface area contributed by atoms with Crippen LogP contribution < -0.4 is 20.1 Å². The number of nitrogens with zero attached hydrogens (tertiary/aromatic N) is 2. The average Bonchev–Trinajstić information content (AvgIpc) is 3.96. The fourth-order valence-electron chi connectivity index (χ4n) is 6.35. The Bertz CT molecular complexity index is 1750. The average molecular weight is 698 g/mol. The fraction of sp³-hybridized carbons (Fsp3) is 0.559. The zero-order valence-electron chi connectivity index (χ0n) is 27.8. The first-order valence-electron chi connectivity index (χ1n) is 16.7. The molecule has 1 aromatic heterocycles. The minimum atomic E-state index is -3.89. The highest BCUT2D eigenvalue weighted by Crippen LogP contribution is 2.46. The van der Waals surface area contributed by atoms with Gasteiger partial charge < -0.3 is 29.7 Å². The molecule has 2 aliphatic carbocycles. The van der Waals surface area contributed by atoms with Crippen LogP contribution in [0.15, 0.2) is 48.7 Å². The molecule has 3 heterocycles. The van der Waals surface area contributed by atoms with Gasteiger partial charge in [0.1, 0.15) is 29.3 Å². The number of carbonyl (C=O) groups excluding carboxylic acids is 4. The van der Waals surface area contributed by atoms with Gasteiger partial charge in [-0.05, 0) is 70.4 Å². The van der Waals surface area contributed by atoms with Crippen LogP contribution in [0.3, 0.4) is 0 Å². The number of amides is 4. The number of sulfonamides is 1. The molecule has 4 amide bonds. The normalized spacial score (nSPS) is 28.6. The molecule has 1 aromatic carbocycles. The zero-order chi connectivity index (χ0) is 35.0. The molecule has 0 spiro atoms. The standard InChI is InChI=1S/C34H43N5O9S/c1-33(2,3)48-32(43)36-26-11-7-17-46-16-6-9-22-19-34(22,31(42)38-49(44,45)24-12-13-24)37-28(40)27-18-23(20-39(27)30(26)41)47-29-25-10-5-4-8-21(25)14-15-35-29/h4-6,8-10,14-15,22-24,26-27H,7,11-13,16-20H2,1-3H3,(H,36,43)(H,37,40)(H,38,42)/b9-6-/t22?,23?,26-,27-,34+/m0/s1. The Labute approximate surface area is 285 Å². The zero-order valence-corrected chi connectivity index (χ0v) is 28.7. The molecule has 5 atom stereocenters. The lowest BCUT2D eigenvalue weighted by atomic mass is 10.1. The Morgan fingerprint density at radius 1 is 1.12 bits per heavy atom. The van der Waals surface area contributed by atoms with Crippen molar-refractivity contribution in [3.05, 3.63) is 48.7 Å². The van der Waals surface area contributed by atoms with E-state index >= 15 is 0 Å². The molecule has 4 aliphatic rings. The van der Waals surface area contributed by atoms with Crippen LogP contribution in [0.5, 0.6) is 5.88 Å². The van der Waals surface area contributed by atoms with Gasteiger partial charge in [-0.3, -0.25) is 19.1 Å². The number of carbonyl (C=O) groups is 4. The number of alkyl carbamates (subject to hydrolysis) is 1. The number of benzene rings is 1. The minimum Gasteiger partial charge on any atom is -0.472 e. The molecular formula is C34H43N5O9S. The number of hydrogen-bond donors (Lipinski definition) is 3. The van der Waals surface area contributed by atoms with Crippen LogP contribution in [0.2, 0.25) is 0 Å². The monoisotopic (exact) mass is 697 g/mol. The molecular weight excluding hydrogens is 654 g/mol. The fourth-order valence-corrected chi connectivity index (χ4v) is 7.72. The van der Waals surface area contributed by atoms with E-state index in [0.29, 0.717) is 25.1 Å². The molecule has 3 fully saturated rings. The van der Waals surface area contributed by atoms with Gasteiger partial charge in [-0.15, -0.1) is 0 Å². The van der Waals surface area contributed by atoms with E-state index in [0.717, 1.165) is 10.8 Å². The van der Waals surface area contributed by atoms with Crippen molar-refractivity contribution in [2.75, 3.05) is 19.8 Å². The van der Waals surface area contributed by atoms with E-state index in [2.05, 4.69) is 20.3 Å². The summed E-state index contributed by atoms with van der Waals surface area (Å²) >= 11 is 0. The van der Waals surface area contributed by atoms with E-state index in [4.69, 9.17) is 14.2 Å². The number of aromatic nitrogens is 1. The van der Waals surface area contributed by atoms with E-state index < -0.39 is 74.3 Å². The Morgan fingerprint density at radius 2 is 1.90 bits per heavy atom. The minimum absolute atomic E-state index is 0.0105. The number of fused-ring (bicyclic) bond motifs is 3. The van der Waals surface area contributed by atoms with Crippen LogP contribution in [-0.4, -0.2) is 96.5 Å². The Hall–Kier alpha value is -4.24. The number of hydrogen-bond acceptors (Lipinski definition) is 10. The number of nitrogens with one attached hydrogen (secondary N) is 3. The Morgan fingerprint density at radius 3 is 2.65 bits per heavy atom. The molecule has 2 unspecified atom stereocenters. The number of ether oxygens (including phenoxy) is 3. The molecule has 0 bridgehead atoms. The summed E-state index contributed by atoms with van der Waals surface area (Å²) in [4.78, 5) is 60.7.